The number of hydrogen-bond donors (Lipinski definition) is 5. The number of hydrogen-bond acceptors (Lipinski definition) is 17. The van der Waals surface area contributed by atoms with Crippen LogP contribution in [0.1, 0.15) is 487 Å². The van der Waals surface area contributed by atoms with Crippen molar-refractivity contribution < 1.29 is 72.8 Å². The molecular formula is C123H218Br2N2O15Si. The second-order valence-electron chi connectivity index (χ2n) is 47.5. The Kier molecular flexibility index (Phi) is 65.4. The number of carbonyl (C=O) groups is 4. The maximum Gasteiger partial charge on any atom is 0.334 e. The average molecular weight is 2150 g/mol. The first-order chi connectivity index (χ1) is 68.4. The minimum Gasteiger partial charge on any atom is -0.461 e. The molecule has 4 heterocycles. The monoisotopic (exact) mass is 2150 g/mol. The van der Waals surface area contributed by atoms with Crippen molar-refractivity contribution in [2.45, 2.75) is 554 Å². The van der Waals surface area contributed by atoms with Crippen molar-refractivity contribution in [3.63, 3.8) is 0 Å². The summed E-state index contributed by atoms with van der Waals surface area (Å²) in [6.07, 6.45) is 81.3. The third-order valence-electron chi connectivity index (χ3n) is 33.6. The molecule has 4 aliphatic heterocycles. The number of unbranched alkanes of at least 4 members (excludes halogenated alkanes) is 45. The third kappa shape index (κ3) is 46.4. The van der Waals surface area contributed by atoms with Gasteiger partial charge in [0.2, 0.25) is 0 Å². The number of rotatable bonds is 56. The Morgan fingerprint density at radius 3 is 0.923 bits per heavy atom. The number of allylic oxidation sites excluding steroid dienone is 4. The van der Waals surface area contributed by atoms with Gasteiger partial charge in [-0.05, 0) is 206 Å². The summed E-state index contributed by atoms with van der Waals surface area (Å²) in [5.74, 6) is -0.298. The van der Waals surface area contributed by atoms with E-state index in [9.17, 15) is 34.5 Å². The molecule has 143 heavy (non-hydrogen) atoms. The smallest absolute Gasteiger partial charge is 0.334 e. The molecule has 20 heteroatoms. The van der Waals surface area contributed by atoms with Gasteiger partial charge in [-0.15, -0.1) is 15.3 Å². The van der Waals surface area contributed by atoms with Gasteiger partial charge in [0, 0.05) is 90.4 Å². The lowest BCUT2D eigenvalue weighted by molar-refractivity contribution is -0.169. The summed E-state index contributed by atoms with van der Waals surface area (Å²) >= 11 is 6.79. The van der Waals surface area contributed by atoms with Gasteiger partial charge in [0.05, 0.1) is 28.3 Å². The Hall–Kier alpha value is -3.12. The van der Waals surface area contributed by atoms with E-state index in [1.54, 1.807) is 0 Å². The molecule has 0 aromatic rings. The van der Waals surface area contributed by atoms with Crippen LogP contribution in [0.25, 0.3) is 0 Å². The number of carbonyl (C=O) groups excluding carboxylic acids is 4. The van der Waals surface area contributed by atoms with Crippen LogP contribution in [0.5, 0.6) is 0 Å². The lowest BCUT2D eigenvalue weighted by Gasteiger charge is -2.36. The molecule has 8 aliphatic carbocycles. The minimum absolute atomic E-state index is 0.00103. The normalized spacial score (nSPS) is 28.1. The van der Waals surface area contributed by atoms with Crippen LogP contribution in [0.4, 0.5) is 0 Å². The first kappa shape index (κ1) is 130. The van der Waals surface area contributed by atoms with Gasteiger partial charge in [0.25, 0.3) is 0 Å². The molecule has 4 saturated heterocycles. The molecule has 17 atom stereocenters. The zero-order valence-electron chi connectivity index (χ0n) is 95.1. The molecule has 0 radical (unpaired) electrons. The van der Waals surface area contributed by atoms with E-state index >= 15 is 0 Å². The van der Waals surface area contributed by atoms with Gasteiger partial charge in [0.15, 0.2) is 0 Å². The molecular weight excluding hydrogens is 1930 g/mol. The molecule has 0 amide bonds. The summed E-state index contributed by atoms with van der Waals surface area (Å²) in [5.41, 5.74) is 11.0. The fourth-order valence-electron chi connectivity index (χ4n) is 25.0. The Morgan fingerprint density at radius 1 is 0.385 bits per heavy atom. The lowest BCUT2D eigenvalue weighted by atomic mass is 9.77. The van der Waals surface area contributed by atoms with Gasteiger partial charge in [-0.1, -0.05) is 410 Å². The van der Waals surface area contributed by atoms with Gasteiger partial charge in [-0.25, -0.2) is 14.4 Å². The molecule has 0 bridgehead atoms. The first-order valence-corrected chi connectivity index (χ1v) is 65.9. The van der Waals surface area contributed by atoms with Crippen LogP contribution >= 0.6 is 31.2 Å². The van der Waals surface area contributed by atoms with Crippen LogP contribution in [0.3, 0.4) is 0 Å². The molecule has 828 valence electrons. The standard InChI is InChI=1S/C34H58O4.C19H39BrO.C18H38O.C17H27NO3.2C15H20O3.C3H9BrSi.C2H7N/c1-5-6-7-8-9-10-11-12-13-14-15-16-17-18-19-20-25-36-26-37-34(4)24-23-29-27(2)21-22-30-28(3)33(35)38-32(30)31(29)34;1-2-3-4-5-6-7-8-9-10-11-12-13-14-15-16-17-18-21-19-20;1-2-3-4-5-6-7-8-9-10-11-12-13-14-15-16-17-18-19;1-10-5-6-12-13(9-18(3)4)16(19)21-15(12)14-11(10)7-8-17(14,2)20;2*1-8-4-5-11-9(2)14(16)18-13(11)12-10(8)6-7-15(12,3)17;1-5(2,3)4;1-3-2/h30-32H,3,5-26H2,1-2,4H3;2-19H2,1H3;19H,2-18H2,1H3;12-15,20H,5-9H2,1-4H3;2*11-13,17H,2,4-7H2,1,3H3;1-3H3;3H,1-2H3/t30-,31-,32-,34+;;;12-,13?,14-,15-,17+;2*11-,12-,13-,15+;;/m0..000../s1. The number of esters is 4. The lowest BCUT2D eigenvalue weighted by Crippen LogP contribution is -2.43. The van der Waals surface area contributed by atoms with Gasteiger partial charge in [0.1, 0.15) is 43.4 Å². The van der Waals surface area contributed by atoms with Crippen molar-refractivity contribution >= 4 is 61.8 Å². The Balaban J connectivity index is 0.000000304. The second kappa shape index (κ2) is 71.7. The van der Waals surface area contributed by atoms with E-state index in [0.29, 0.717) is 35.6 Å². The van der Waals surface area contributed by atoms with Crippen LogP contribution < -0.4 is 5.32 Å². The van der Waals surface area contributed by atoms with E-state index in [1.807, 2.05) is 49.0 Å². The van der Waals surface area contributed by atoms with E-state index in [-0.39, 0.29) is 107 Å². The predicted octanol–water partition coefficient (Wildman–Crippen LogP) is 32.2. The fraction of sp³-hybridized carbons (Fsp3) is 0.854. The topological polar surface area (TPSA) is 229 Å². The summed E-state index contributed by atoms with van der Waals surface area (Å²) < 4.78 is 40.3. The molecule has 12 aliphatic rings. The van der Waals surface area contributed by atoms with Gasteiger partial charge >= 0.3 is 23.9 Å². The second-order valence-corrected chi connectivity index (χ2v) is 59.2. The number of nitrogens with zero attached hydrogens (tertiary/aromatic N) is 1. The van der Waals surface area contributed by atoms with Gasteiger partial charge in [-0.2, -0.15) is 0 Å². The molecule has 0 aromatic heterocycles. The van der Waals surface area contributed by atoms with Gasteiger partial charge in [-0.3, -0.25) is 4.79 Å². The van der Waals surface area contributed by atoms with Crippen molar-refractivity contribution in [3.05, 3.63) is 81.0 Å². The largest absolute Gasteiger partial charge is 0.461 e. The Morgan fingerprint density at radius 2 is 0.636 bits per heavy atom. The van der Waals surface area contributed by atoms with Crippen molar-refractivity contribution in [1.82, 2.24) is 10.2 Å². The molecule has 12 rings (SSSR count). The number of halogens is 2. The Bertz CT molecular complexity index is 3620. The number of alkyl halides is 1. The molecule has 5 N–H and O–H groups in total. The predicted molar refractivity (Wildman–Crippen MR) is 606 cm³/mol. The summed E-state index contributed by atoms with van der Waals surface area (Å²) in [7, 11) is 7.75. The SMILES string of the molecule is C=C1C(=O)O[C@H]2[C@H]1CCC(C)=C1CC[C@@](C)(O)[C@@H]12.C=C1C(=O)O[C@H]2[C@H]1CCC(C)=C1CC[C@@](C)(O)[C@@H]12.C=C1C(=O)O[C@H]2[C@H]1CCC(C)=C1CC[C@@](C)(OCOCCCCCCCCCCCCCCCCCC)[C@@H]12.CC1=C2CC[C@@](C)(O)[C@@H]2[C@H]2OC(=O)C(CN(C)C)[C@@H]2CC1.CCCCCCCCCCCCCCCCCCO.CCCCCCCCCCCCCCCCCCOCBr.CNC.C[Si](C)(C)Br. The van der Waals surface area contributed by atoms with E-state index in [2.05, 4.69) is 136 Å². The van der Waals surface area contributed by atoms with E-state index in [4.69, 9.17) is 38.3 Å². The molecule has 17 nitrogen and oxygen atoms in total. The average Bonchev–Trinajstić information content (AvgIpc) is 1.60. The summed E-state index contributed by atoms with van der Waals surface area (Å²) in [5, 5.41) is 43.4. The van der Waals surface area contributed by atoms with Crippen LogP contribution in [0.15, 0.2) is 81.0 Å². The van der Waals surface area contributed by atoms with E-state index < -0.39 is 23.5 Å². The van der Waals surface area contributed by atoms with Gasteiger partial charge < -0.3 is 63.8 Å². The number of aliphatic hydroxyl groups excluding tert-OH is 1. The third-order valence-corrected chi connectivity index (χ3v) is 33.9. The van der Waals surface area contributed by atoms with E-state index in [1.165, 1.54) is 340 Å². The molecule has 1 unspecified atom stereocenters. The van der Waals surface area contributed by atoms with Crippen LogP contribution in [-0.2, 0) is 52.3 Å². The quantitative estimate of drug-likeness (QED) is 0.00439. The highest BCUT2D eigenvalue weighted by atomic mass is 79.9. The van der Waals surface area contributed by atoms with Crippen LogP contribution in [-0.4, -0.2) is 170 Å². The first-order valence-electron chi connectivity index (χ1n) is 59.1. The highest BCUT2D eigenvalue weighted by Gasteiger charge is 2.60. The number of nitrogens with one attached hydrogen (secondary N) is 1. The number of fused-ring (bicyclic) bond motifs is 12. The number of ether oxygens (including phenoxy) is 7. The van der Waals surface area contributed by atoms with E-state index in [0.717, 1.165) is 135 Å². The summed E-state index contributed by atoms with van der Waals surface area (Å²) in [6, 6.07) is 0. The molecule has 0 spiro atoms. The zero-order valence-corrected chi connectivity index (χ0v) is 99.3. The van der Waals surface area contributed by atoms with Crippen molar-refractivity contribution in [2.75, 3.05) is 66.9 Å². The highest BCUT2D eigenvalue weighted by Crippen LogP contribution is 2.58. The maximum absolute atomic E-state index is 12.3. The number of aliphatic hydroxyl groups is 4. The Labute approximate surface area is 893 Å². The molecule has 0 aromatic carbocycles. The highest BCUT2D eigenvalue weighted by molar-refractivity contribution is 9.26. The molecule has 4 saturated carbocycles. The maximum atomic E-state index is 12.3. The zero-order chi connectivity index (χ0) is 105. The van der Waals surface area contributed by atoms with Crippen LogP contribution in [0.2, 0.25) is 19.6 Å². The van der Waals surface area contributed by atoms with Crippen LogP contribution in [0, 0.1) is 53.3 Å². The van der Waals surface area contributed by atoms with Crippen molar-refractivity contribution in [1.29, 1.82) is 0 Å². The summed E-state index contributed by atoms with van der Waals surface area (Å²) in [6.45, 7) is 44.3. The fourth-order valence-corrected chi connectivity index (χ4v) is 25.2. The molecule has 8 fully saturated rings. The van der Waals surface area contributed by atoms with Crippen molar-refractivity contribution in [2.24, 2.45) is 53.3 Å². The van der Waals surface area contributed by atoms with Crippen molar-refractivity contribution in [3.8, 4) is 0 Å². The summed E-state index contributed by atoms with van der Waals surface area (Å²) in [4.78, 5) is 50.1. The minimum atomic E-state index is -0.799.